The molecule has 0 aromatic rings. The second kappa shape index (κ2) is 4.43. The van der Waals surface area contributed by atoms with Crippen LogP contribution in [0.1, 0.15) is 52.9 Å². The normalized spacial score (nSPS) is 19.4. The van der Waals surface area contributed by atoms with E-state index in [0.29, 0.717) is 24.5 Å². The zero-order valence-electron chi connectivity index (χ0n) is 9.68. The Morgan fingerprint density at radius 1 is 1.43 bits per heavy atom. The molecule has 1 atom stereocenters. The fourth-order valence-corrected chi connectivity index (χ4v) is 1.57. The minimum absolute atomic E-state index is 0.141. The Labute approximate surface area is 87.2 Å². The van der Waals surface area contributed by atoms with Crippen molar-refractivity contribution < 1.29 is 4.79 Å². The maximum atomic E-state index is 11.6. The summed E-state index contributed by atoms with van der Waals surface area (Å²) in [5.74, 6) is 0.993. The Bertz CT molecular complexity index is 201. The highest BCUT2D eigenvalue weighted by atomic mass is 16.1. The third-order valence-electron chi connectivity index (χ3n) is 2.84. The van der Waals surface area contributed by atoms with Crippen molar-refractivity contribution in [2.75, 3.05) is 0 Å². The van der Waals surface area contributed by atoms with E-state index in [1.165, 1.54) is 12.8 Å². The first-order valence-electron chi connectivity index (χ1n) is 5.66. The van der Waals surface area contributed by atoms with Gasteiger partial charge in [-0.15, -0.1) is 0 Å². The second-order valence-electron chi connectivity index (χ2n) is 5.80. The van der Waals surface area contributed by atoms with Crippen LogP contribution in [0.15, 0.2) is 0 Å². The predicted octanol–water partition coefficient (Wildman–Crippen LogP) is 2.51. The van der Waals surface area contributed by atoms with E-state index < -0.39 is 0 Å². The van der Waals surface area contributed by atoms with E-state index in [2.05, 4.69) is 20.8 Å². The van der Waals surface area contributed by atoms with Crippen molar-refractivity contribution in [1.82, 2.24) is 0 Å². The third kappa shape index (κ3) is 4.75. The van der Waals surface area contributed by atoms with Gasteiger partial charge in [-0.05, 0) is 30.6 Å². The van der Waals surface area contributed by atoms with Gasteiger partial charge in [0.25, 0.3) is 0 Å². The van der Waals surface area contributed by atoms with Crippen LogP contribution < -0.4 is 5.73 Å². The monoisotopic (exact) mass is 197 g/mol. The zero-order valence-corrected chi connectivity index (χ0v) is 9.68. The average Bonchev–Trinajstić information content (AvgIpc) is 2.81. The Balaban J connectivity index is 2.15. The number of nitrogens with two attached hydrogens (primary N) is 1. The molecule has 2 heteroatoms. The van der Waals surface area contributed by atoms with Gasteiger partial charge in [-0.25, -0.2) is 0 Å². The summed E-state index contributed by atoms with van der Waals surface area (Å²) in [6.45, 7) is 6.50. The highest BCUT2D eigenvalue weighted by molar-refractivity contribution is 5.79. The van der Waals surface area contributed by atoms with Crippen molar-refractivity contribution in [3.8, 4) is 0 Å². The van der Waals surface area contributed by atoms with Gasteiger partial charge in [-0.1, -0.05) is 20.8 Å². The van der Waals surface area contributed by atoms with Crippen LogP contribution >= 0.6 is 0 Å². The topological polar surface area (TPSA) is 43.1 Å². The lowest BCUT2D eigenvalue weighted by atomic mass is 9.88. The Hall–Kier alpha value is -0.370. The summed E-state index contributed by atoms with van der Waals surface area (Å²) in [6, 6.07) is 0.141. The first kappa shape index (κ1) is 11.7. The molecule has 2 N–H and O–H groups in total. The van der Waals surface area contributed by atoms with E-state index in [1.807, 2.05) is 0 Å². The lowest BCUT2D eigenvalue weighted by Crippen LogP contribution is -2.26. The average molecular weight is 197 g/mol. The molecule has 1 aliphatic carbocycles. The van der Waals surface area contributed by atoms with Crippen molar-refractivity contribution >= 4 is 5.78 Å². The second-order valence-corrected chi connectivity index (χ2v) is 5.80. The minimum atomic E-state index is 0.141. The van der Waals surface area contributed by atoms with E-state index in [9.17, 15) is 4.79 Å². The molecule has 1 saturated carbocycles. The number of carbonyl (C=O) groups is 1. The third-order valence-corrected chi connectivity index (χ3v) is 2.84. The van der Waals surface area contributed by atoms with Gasteiger partial charge in [0.15, 0.2) is 0 Å². The molecule has 0 bridgehead atoms. The number of carbonyl (C=O) groups excluding carboxylic acids is 1. The number of hydrogen-bond acceptors (Lipinski definition) is 2. The van der Waals surface area contributed by atoms with Crippen LogP contribution in [0.3, 0.4) is 0 Å². The highest BCUT2D eigenvalue weighted by Crippen LogP contribution is 2.33. The lowest BCUT2D eigenvalue weighted by molar-refractivity contribution is -0.120. The van der Waals surface area contributed by atoms with Gasteiger partial charge in [-0.3, -0.25) is 4.79 Å². The summed E-state index contributed by atoms with van der Waals surface area (Å²) < 4.78 is 0. The summed E-state index contributed by atoms with van der Waals surface area (Å²) in [6.07, 6.45) is 4.73. The van der Waals surface area contributed by atoms with E-state index in [1.54, 1.807) is 0 Å². The van der Waals surface area contributed by atoms with E-state index in [0.717, 1.165) is 6.42 Å². The molecule has 1 rings (SSSR count). The molecule has 2 nitrogen and oxygen atoms in total. The molecule has 0 aromatic carbocycles. The minimum Gasteiger partial charge on any atom is -0.327 e. The molecule has 0 radical (unpaired) electrons. The smallest absolute Gasteiger partial charge is 0.134 e. The van der Waals surface area contributed by atoms with Crippen molar-refractivity contribution in [2.24, 2.45) is 17.1 Å². The fraction of sp³-hybridized carbons (Fsp3) is 0.917. The zero-order chi connectivity index (χ0) is 10.8. The molecule has 1 aliphatic rings. The highest BCUT2D eigenvalue weighted by Gasteiger charge is 2.29. The van der Waals surface area contributed by atoms with E-state index in [4.69, 9.17) is 5.73 Å². The molecular weight excluding hydrogens is 174 g/mol. The standard InChI is InChI=1S/C12H23NO/c1-12(2,3)7-6-10(14)8-11(13)9-4-5-9/h9,11H,4-8,13H2,1-3H3. The molecule has 0 aromatic heterocycles. The molecule has 0 amide bonds. The van der Waals surface area contributed by atoms with Gasteiger partial charge in [0.1, 0.15) is 5.78 Å². The van der Waals surface area contributed by atoms with Gasteiger partial charge in [-0.2, -0.15) is 0 Å². The first-order valence-corrected chi connectivity index (χ1v) is 5.66. The van der Waals surface area contributed by atoms with E-state index in [-0.39, 0.29) is 11.5 Å². The Morgan fingerprint density at radius 3 is 2.43 bits per heavy atom. The summed E-state index contributed by atoms with van der Waals surface area (Å²) in [5.41, 5.74) is 6.16. The molecule has 1 unspecified atom stereocenters. The number of rotatable bonds is 5. The Kier molecular flexibility index (Phi) is 3.71. The van der Waals surface area contributed by atoms with Crippen LogP contribution in [-0.4, -0.2) is 11.8 Å². The largest absolute Gasteiger partial charge is 0.327 e. The van der Waals surface area contributed by atoms with Crippen molar-refractivity contribution in [2.45, 2.75) is 58.9 Å². The van der Waals surface area contributed by atoms with Crippen LogP contribution in [0.25, 0.3) is 0 Å². The van der Waals surface area contributed by atoms with Crippen LogP contribution in [-0.2, 0) is 4.79 Å². The van der Waals surface area contributed by atoms with E-state index >= 15 is 0 Å². The molecule has 0 heterocycles. The van der Waals surface area contributed by atoms with Crippen LogP contribution in [0.4, 0.5) is 0 Å². The van der Waals surface area contributed by atoms with Gasteiger partial charge in [0.05, 0.1) is 0 Å². The van der Waals surface area contributed by atoms with Crippen molar-refractivity contribution in [3.05, 3.63) is 0 Å². The fourth-order valence-electron chi connectivity index (χ4n) is 1.57. The summed E-state index contributed by atoms with van der Waals surface area (Å²) in [5, 5.41) is 0. The molecule has 0 spiro atoms. The summed E-state index contributed by atoms with van der Waals surface area (Å²) in [7, 11) is 0. The van der Waals surface area contributed by atoms with Crippen LogP contribution in [0.5, 0.6) is 0 Å². The summed E-state index contributed by atoms with van der Waals surface area (Å²) in [4.78, 5) is 11.6. The number of Topliss-reactive ketones (excluding diaryl/α,β-unsaturated/α-hetero) is 1. The van der Waals surface area contributed by atoms with Gasteiger partial charge >= 0.3 is 0 Å². The molecular formula is C12H23NO. The molecule has 1 fully saturated rings. The van der Waals surface area contributed by atoms with Gasteiger partial charge < -0.3 is 5.73 Å². The van der Waals surface area contributed by atoms with Crippen molar-refractivity contribution in [1.29, 1.82) is 0 Å². The molecule has 14 heavy (non-hydrogen) atoms. The van der Waals surface area contributed by atoms with Gasteiger partial charge in [0.2, 0.25) is 0 Å². The maximum Gasteiger partial charge on any atom is 0.134 e. The number of ketones is 1. The van der Waals surface area contributed by atoms with Crippen LogP contribution in [0.2, 0.25) is 0 Å². The molecule has 82 valence electrons. The lowest BCUT2D eigenvalue weighted by Gasteiger charge is -2.17. The quantitative estimate of drug-likeness (QED) is 0.736. The SMILES string of the molecule is CC(C)(C)CCC(=O)CC(N)C1CC1. The summed E-state index contributed by atoms with van der Waals surface area (Å²) >= 11 is 0. The first-order chi connectivity index (χ1) is 6.38. The van der Waals surface area contributed by atoms with Crippen molar-refractivity contribution in [3.63, 3.8) is 0 Å². The van der Waals surface area contributed by atoms with Gasteiger partial charge in [0, 0.05) is 18.9 Å². The molecule has 0 aliphatic heterocycles. The predicted molar refractivity (Wildman–Crippen MR) is 59.0 cm³/mol. The Morgan fingerprint density at radius 2 is 2.00 bits per heavy atom. The molecule has 0 saturated heterocycles. The van der Waals surface area contributed by atoms with Crippen LogP contribution in [0, 0.1) is 11.3 Å². The maximum absolute atomic E-state index is 11.6. The number of hydrogen-bond donors (Lipinski definition) is 1.